The zero-order valence-electron chi connectivity index (χ0n) is 11.6. The maximum atomic E-state index is 5.92. The van der Waals surface area contributed by atoms with Crippen LogP contribution in [0.3, 0.4) is 0 Å². The molecule has 2 unspecified atom stereocenters. The van der Waals surface area contributed by atoms with Gasteiger partial charge >= 0.3 is 0 Å². The van der Waals surface area contributed by atoms with Gasteiger partial charge in [0.25, 0.3) is 0 Å². The van der Waals surface area contributed by atoms with Gasteiger partial charge in [0.2, 0.25) is 0 Å². The van der Waals surface area contributed by atoms with Crippen molar-refractivity contribution in [2.45, 2.75) is 45.8 Å². The van der Waals surface area contributed by atoms with E-state index in [4.69, 9.17) is 10.6 Å². The fraction of sp³-hybridized carbons (Fsp3) is 0.600. The lowest BCUT2D eigenvalue weighted by molar-refractivity contribution is 0.0184. The van der Waals surface area contributed by atoms with Crippen molar-refractivity contribution in [2.24, 2.45) is 11.8 Å². The molecule has 3 N–H and O–H groups in total. The highest BCUT2D eigenvalue weighted by molar-refractivity contribution is 5.33. The third-order valence-electron chi connectivity index (χ3n) is 3.71. The van der Waals surface area contributed by atoms with Gasteiger partial charge in [-0.2, -0.15) is 0 Å². The van der Waals surface area contributed by atoms with Gasteiger partial charge in [0, 0.05) is 6.61 Å². The number of hydrazine groups is 1. The predicted octanol–water partition coefficient (Wildman–Crippen LogP) is 2.62. The average molecular weight is 248 g/mol. The fourth-order valence-electron chi connectivity index (χ4n) is 2.66. The van der Waals surface area contributed by atoms with Crippen LogP contribution in [0.15, 0.2) is 18.2 Å². The van der Waals surface area contributed by atoms with Crippen LogP contribution in [-0.2, 0) is 4.74 Å². The van der Waals surface area contributed by atoms with Gasteiger partial charge in [0.15, 0.2) is 0 Å². The molecule has 3 heteroatoms. The summed E-state index contributed by atoms with van der Waals surface area (Å²) in [6.45, 7) is 7.04. The van der Waals surface area contributed by atoms with E-state index >= 15 is 0 Å². The first-order valence-electron chi connectivity index (χ1n) is 6.82. The lowest BCUT2D eigenvalue weighted by Crippen LogP contribution is -2.39. The Labute approximate surface area is 110 Å². The Morgan fingerprint density at radius 3 is 2.61 bits per heavy atom. The second kappa shape index (κ2) is 5.83. The number of hydrogen-bond donors (Lipinski definition) is 2. The molecule has 18 heavy (non-hydrogen) atoms. The molecule has 0 radical (unpaired) electrons. The van der Waals surface area contributed by atoms with Crippen molar-refractivity contribution in [3.63, 3.8) is 0 Å². The van der Waals surface area contributed by atoms with Gasteiger partial charge in [-0.25, -0.2) is 0 Å². The van der Waals surface area contributed by atoms with Crippen LogP contribution in [0.1, 0.15) is 42.5 Å². The highest BCUT2D eigenvalue weighted by Gasteiger charge is 2.38. The van der Waals surface area contributed by atoms with Crippen LogP contribution in [-0.4, -0.2) is 12.7 Å². The molecular weight excluding hydrogens is 224 g/mol. The fourth-order valence-corrected chi connectivity index (χ4v) is 2.66. The normalized spacial score (nSPS) is 18.7. The quantitative estimate of drug-likeness (QED) is 0.601. The third kappa shape index (κ3) is 2.91. The first-order chi connectivity index (χ1) is 8.67. The summed E-state index contributed by atoms with van der Waals surface area (Å²) >= 11 is 0. The van der Waals surface area contributed by atoms with Gasteiger partial charge in [-0.15, -0.1) is 0 Å². The molecule has 0 saturated heterocycles. The van der Waals surface area contributed by atoms with Crippen molar-refractivity contribution < 1.29 is 4.74 Å². The number of aryl methyl sites for hydroxylation is 2. The Hall–Kier alpha value is -0.900. The third-order valence-corrected chi connectivity index (χ3v) is 3.71. The van der Waals surface area contributed by atoms with E-state index in [0.717, 1.165) is 6.61 Å². The summed E-state index contributed by atoms with van der Waals surface area (Å²) in [5.41, 5.74) is 6.78. The summed E-state index contributed by atoms with van der Waals surface area (Å²) in [6.07, 6.45) is 2.71. The molecule has 1 fully saturated rings. The van der Waals surface area contributed by atoms with Crippen molar-refractivity contribution in [1.29, 1.82) is 0 Å². The number of nitrogens with one attached hydrogen (secondary N) is 1. The molecule has 1 aliphatic carbocycles. The maximum Gasteiger partial charge on any atom is 0.0810 e. The molecule has 0 bridgehead atoms. The lowest BCUT2D eigenvalue weighted by atomic mass is 9.93. The van der Waals surface area contributed by atoms with Gasteiger partial charge < -0.3 is 4.74 Å². The number of hydrogen-bond acceptors (Lipinski definition) is 3. The second-order valence-corrected chi connectivity index (χ2v) is 5.26. The van der Waals surface area contributed by atoms with Crippen molar-refractivity contribution in [3.8, 4) is 0 Å². The van der Waals surface area contributed by atoms with Crippen LogP contribution in [0.25, 0.3) is 0 Å². The number of ether oxygens (including phenoxy) is 1. The number of benzene rings is 1. The van der Waals surface area contributed by atoms with Crippen molar-refractivity contribution >= 4 is 0 Å². The van der Waals surface area contributed by atoms with E-state index in [2.05, 4.69) is 37.5 Å². The van der Waals surface area contributed by atoms with Crippen molar-refractivity contribution in [3.05, 3.63) is 34.9 Å². The molecule has 0 heterocycles. The Morgan fingerprint density at radius 2 is 2.11 bits per heavy atom. The zero-order valence-corrected chi connectivity index (χ0v) is 11.6. The van der Waals surface area contributed by atoms with Gasteiger partial charge in [-0.3, -0.25) is 11.3 Å². The van der Waals surface area contributed by atoms with Gasteiger partial charge in [-0.1, -0.05) is 23.8 Å². The van der Waals surface area contributed by atoms with Crippen molar-refractivity contribution in [1.82, 2.24) is 5.43 Å². The minimum Gasteiger partial charge on any atom is -0.376 e. The summed E-state index contributed by atoms with van der Waals surface area (Å²) in [7, 11) is 0. The molecule has 100 valence electrons. The number of nitrogens with two attached hydrogens (primary N) is 1. The Balaban J connectivity index is 2.25. The molecule has 0 amide bonds. The molecule has 1 saturated carbocycles. The summed E-state index contributed by atoms with van der Waals surface area (Å²) in [6, 6.07) is 6.61. The summed E-state index contributed by atoms with van der Waals surface area (Å²) in [5, 5.41) is 0. The van der Waals surface area contributed by atoms with E-state index in [9.17, 15) is 0 Å². The standard InChI is InChI=1S/C15H24N2O/c1-4-18-15(12-6-7-12)14(17-16)13-8-5-10(2)9-11(13)3/h5,8-9,12,14-15,17H,4,6-7,16H2,1-3H3. The summed E-state index contributed by atoms with van der Waals surface area (Å²) in [4.78, 5) is 0. The SMILES string of the molecule is CCOC(C1CC1)C(NN)c1ccc(C)cc1C. The first kappa shape index (κ1) is 13.5. The van der Waals surface area contributed by atoms with Crippen LogP contribution >= 0.6 is 0 Å². The molecule has 0 aliphatic heterocycles. The molecule has 0 spiro atoms. The molecule has 2 rings (SSSR count). The van der Waals surface area contributed by atoms with Crippen molar-refractivity contribution in [2.75, 3.05) is 6.61 Å². The minimum absolute atomic E-state index is 0.0954. The average Bonchev–Trinajstić information content (AvgIpc) is 3.15. The van der Waals surface area contributed by atoms with Crippen LogP contribution in [0.5, 0.6) is 0 Å². The molecule has 1 aliphatic rings. The molecule has 3 nitrogen and oxygen atoms in total. The minimum atomic E-state index is 0.0954. The van der Waals surface area contributed by atoms with Crippen LogP contribution < -0.4 is 11.3 Å². The van der Waals surface area contributed by atoms with Gasteiger partial charge in [-0.05, 0) is 50.7 Å². The maximum absolute atomic E-state index is 5.92. The highest BCUT2D eigenvalue weighted by atomic mass is 16.5. The van der Waals surface area contributed by atoms with Crippen LogP contribution in [0.2, 0.25) is 0 Å². The van der Waals surface area contributed by atoms with Crippen LogP contribution in [0.4, 0.5) is 0 Å². The monoisotopic (exact) mass is 248 g/mol. The van der Waals surface area contributed by atoms with E-state index in [1.807, 2.05) is 6.92 Å². The van der Waals surface area contributed by atoms with E-state index < -0.39 is 0 Å². The van der Waals surface area contributed by atoms with E-state index in [1.54, 1.807) is 0 Å². The molecule has 1 aromatic carbocycles. The van der Waals surface area contributed by atoms with E-state index in [-0.39, 0.29) is 12.1 Å². The number of rotatable bonds is 6. The smallest absolute Gasteiger partial charge is 0.0810 e. The highest BCUT2D eigenvalue weighted by Crippen LogP contribution is 2.40. The summed E-state index contributed by atoms with van der Waals surface area (Å²) < 4.78 is 5.92. The molecule has 2 atom stereocenters. The Bertz CT molecular complexity index is 401. The first-order valence-corrected chi connectivity index (χ1v) is 6.82. The summed E-state index contributed by atoms with van der Waals surface area (Å²) in [5.74, 6) is 6.44. The molecule has 0 aromatic heterocycles. The van der Waals surface area contributed by atoms with Gasteiger partial charge in [0.05, 0.1) is 12.1 Å². The van der Waals surface area contributed by atoms with E-state index in [0.29, 0.717) is 5.92 Å². The molecular formula is C15H24N2O. The van der Waals surface area contributed by atoms with Crippen LogP contribution in [0, 0.1) is 19.8 Å². The van der Waals surface area contributed by atoms with Gasteiger partial charge in [0.1, 0.15) is 0 Å². The molecule has 1 aromatic rings. The largest absolute Gasteiger partial charge is 0.376 e. The Morgan fingerprint density at radius 1 is 1.39 bits per heavy atom. The topological polar surface area (TPSA) is 47.3 Å². The zero-order chi connectivity index (χ0) is 13.1. The second-order valence-electron chi connectivity index (χ2n) is 5.26. The van der Waals surface area contributed by atoms with E-state index in [1.165, 1.54) is 29.5 Å². The predicted molar refractivity (Wildman–Crippen MR) is 74.1 cm³/mol. The Kier molecular flexibility index (Phi) is 4.38. The lowest BCUT2D eigenvalue weighted by Gasteiger charge is -2.28.